The number of fused-ring (bicyclic) bond motifs is 3. The van der Waals surface area contributed by atoms with E-state index in [0.717, 1.165) is 33.6 Å². The van der Waals surface area contributed by atoms with Gasteiger partial charge >= 0.3 is 0 Å². The Labute approximate surface area is 156 Å². The molecule has 0 spiro atoms. The smallest absolute Gasteiger partial charge is 0.196 e. The van der Waals surface area contributed by atoms with E-state index < -0.39 is 0 Å². The fraction of sp³-hybridized carbons (Fsp3) is 0.200. The van der Waals surface area contributed by atoms with Crippen molar-refractivity contribution in [3.8, 4) is 11.5 Å². The van der Waals surface area contributed by atoms with E-state index in [2.05, 4.69) is 45.8 Å². The molecule has 0 fully saturated rings. The predicted molar refractivity (Wildman–Crippen MR) is 104 cm³/mol. The Morgan fingerprint density at radius 2 is 1.77 bits per heavy atom. The summed E-state index contributed by atoms with van der Waals surface area (Å²) in [7, 11) is 1.65. The highest BCUT2D eigenvalue weighted by molar-refractivity contribution is 7.99. The Morgan fingerprint density at radius 3 is 2.62 bits per heavy atom. The van der Waals surface area contributed by atoms with Crippen LogP contribution in [0, 0.1) is 6.92 Å². The first-order chi connectivity index (χ1) is 12.8. The molecule has 0 atom stereocenters. The van der Waals surface area contributed by atoms with E-state index in [4.69, 9.17) is 9.47 Å². The van der Waals surface area contributed by atoms with E-state index in [1.807, 2.05) is 30.3 Å². The molecule has 2 aromatic carbocycles. The third-order valence-corrected chi connectivity index (χ3v) is 5.11. The molecule has 0 radical (unpaired) electrons. The largest absolute Gasteiger partial charge is 0.493 e. The molecule has 0 aliphatic rings. The summed E-state index contributed by atoms with van der Waals surface area (Å²) in [4.78, 5) is 0. The van der Waals surface area contributed by atoms with Crippen LogP contribution in [0.25, 0.3) is 16.6 Å². The molecule has 0 aliphatic heterocycles. The number of benzene rings is 2. The van der Waals surface area contributed by atoms with E-state index in [-0.39, 0.29) is 0 Å². The van der Waals surface area contributed by atoms with Crippen molar-refractivity contribution < 1.29 is 9.47 Å². The normalized spacial score (nSPS) is 11.2. The molecule has 132 valence electrons. The van der Waals surface area contributed by atoms with Gasteiger partial charge in [0.05, 0.1) is 19.2 Å². The van der Waals surface area contributed by atoms with Gasteiger partial charge in [0.1, 0.15) is 0 Å². The zero-order valence-electron chi connectivity index (χ0n) is 14.7. The van der Waals surface area contributed by atoms with Gasteiger partial charge in [-0.05, 0) is 36.8 Å². The van der Waals surface area contributed by atoms with Gasteiger partial charge in [0.25, 0.3) is 0 Å². The van der Waals surface area contributed by atoms with Crippen molar-refractivity contribution >= 4 is 28.3 Å². The number of ether oxygens (including phenoxy) is 2. The molecule has 0 N–H and O–H groups in total. The molecule has 0 saturated heterocycles. The van der Waals surface area contributed by atoms with Crippen LogP contribution in [0.15, 0.2) is 59.8 Å². The number of nitrogens with zero attached hydrogens (tertiary/aromatic N) is 3. The summed E-state index contributed by atoms with van der Waals surface area (Å²) in [6, 6.07) is 18.1. The fourth-order valence-electron chi connectivity index (χ4n) is 2.99. The molecule has 2 aromatic heterocycles. The number of aryl methyl sites for hydroxylation is 1. The highest BCUT2D eigenvalue weighted by atomic mass is 32.2. The molecule has 0 bridgehead atoms. The van der Waals surface area contributed by atoms with Crippen molar-refractivity contribution in [3.63, 3.8) is 0 Å². The summed E-state index contributed by atoms with van der Waals surface area (Å²) < 4.78 is 13.3. The molecule has 4 aromatic rings. The summed E-state index contributed by atoms with van der Waals surface area (Å²) in [5.74, 6) is 2.26. The third-order valence-electron chi connectivity index (χ3n) is 4.21. The van der Waals surface area contributed by atoms with Gasteiger partial charge in [-0.1, -0.05) is 42.1 Å². The Kier molecular flexibility index (Phi) is 4.67. The van der Waals surface area contributed by atoms with Crippen LogP contribution in [0.4, 0.5) is 0 Å². The summed E-state index contributed by atoms with van der Waals surface area (Å²) >= 11 is 1.63. The lowest BCUT2D eigenvalue weighted by atomic mass is 10.1. The first kappa shape index (κ1) is 16.7. The second-order valence-corrected chi connectivity index (χ2v) is 6.93. The molecule has 0 amide bonds. The molecular weight excluding hydrogens is 346 g/mol. The average Bonchev–Trinajstić information content (AvgIpc) is 3.08. The predicted octanol–water partition coefficient (Wildman–Crippen LogP) is 4.37. The number of aromatic nitrogens is 3. The molecule has 0 unspecified atom stereocenters. The van der Waals surface area contributed by atoms with Crippen LogP contribution in [-0.2, 0) is 0 Å². The number of hydrogen-bond donors (Lipinski definition) is 0. The van der Waals surface area contributed by atoms with Gasteiger partial charge in [0.2, 0.25) is 0 Å². The quantitative estimate of drug-likeness (QED) is 0.375. The Morgan fingerprint density at radius 1 is 1.00 bits per heavy atom. The lowest BCUT2D eigenvalue weighted by molar-refractivity contribution is 0.313. The third kappa shape index (κ3) is 3.08. The van der Waals surface area contributed by atoms with Crippen LogP contribution in [0.2, 0.25) is 0 Å². The van der Waals surface area contributed by atoms with Crippen molar-refractivity contribution in [1.29, 1.82) is 0 Å². The minimum Gasteiger partial charge on any atom is -0.493 e. The molecule has 6 heteroatoms. The molecule has 2 heterocycles. The van der Waals surface area contributed by atoms with Gasteiger partial charge in [-0.3, -0.25) is 4.40 Å². The van der Waals surface area contributed by atoms with Crippen LogP contribution in [0.1, 0.15) is 5.56 Å². The maximum atomic E-state index is 5.84. The molecular formula is C20H19N3O2S. The van der Waals surface area contributed by atoms with Gasteiger partial charge < -0.3 is 9.47 Å². The van der Waals surface area contributed by atoms with Gasteiger partial charge in [-0.25, -0.2) is 0 Å². The lowest BCUT2D eigenvalue weighted by Gasteiger charge is -2.10. The Bertz CT molecular complexity index is 1060. The number of thioether (sulfide) groups is 1. The second-order valence-electron chi connectivity index (χ2n) is 5.87. The zero-order valence-corrected chi connectivity index (χ0v) is 15.5. The lowest BCUT2D eigenvalue weighted by Crippen LogP contribution is -2.02. The van der Waals surface area contributed by atoms with E-state index in [1.165, 1.54) is 10.9 Å². The van der Waals surface area contributed by atoms with Gasteiger partial charge in [-0.2, -0.15) is 0 Å². The summed E-state index contributed by atoms with van der Waals surface area (Å²) in [6.45, 7) is 2.66. The molecule has 4 rings (SSSR count). The standard InChI is InChI=1S/C20H19N3O2S/c1-14-13-19-21-22-20(23(19)16-8-4-3-7-15(14)16)26-12-11-25-18-10-6-5-9-17(18)24-2/h3-10,13H,11-12H2,1-2H3. The summed E-state index contributed by atoms with van der Waals surface area (Å²) in [5.41, 5.74) is 3.20. The topological polar surface area (TPSA) is 48.7 Å². The number of para-hydroxylation sites is 3. The Hall–Kier alpha value is -2.73. The number of pyridine rings is 1. The first-order valence-electron chi connectivity index (χ1n) is 8.40. The van der Waals surface area contributed by atoms with E-state index >= 15 is 0 Å². The second kappa shape index (κ2) is 7.25. The van der Waals surface area contributed by atoms with Gasteiger partial charge in [0, 0.05) is 11.1 Å². The van der Waals surface area contributed by atoms with Crippen LogP contribution in [0.5, 0.6) is 11.5 Å². The van der Waals surface area contributed by atoms with Gasteiger partial charge in [-0.15, -0.1) is 10.2 Å². The highest BCUT2D eigenvalue weighted by Crippen LogP contribution is 2.27. The summed E-state index contributed by atoms with van der Waals surface area (Å²) in [6.07, 6.45) is 0. The van der Waals surface area contributed by atoms with Crippen molar-refractivity contribution in [1.82, 2.24) is 14.6 Å². The summed E-state index contributed by atoms with van der Waals surface area (Å²) in [5, 5.41) is 10.8. The number of rotatable bonds is 6. The number of methoxy groups -OCH3 is 1. The van der Waals surface area contributed by atoms with Crippen LogP contribution >= 0.6 is 11.8 Å². The number of hydrogen-bond acceptors (Lipinski definition) is 5. The van der Waals surface area contributed by atoms with Crippen molar-refractivity contribution in [3.05, 3.63) is 60.2 Å². The molecule has 0 saturated carbocycles. The van der Waals surface area contributed by atoms with Crippen LogP contribution in [-0.4, -0.2) is 34.1 Å². The maximum Gasteiger partial charge on any atom is 0.196 e. The van der Waals surface area contributed by atoms with Crippen molar-refractivity contribution in [2.45, 2.75) is 12.1 Å². The average molecular weight is 365 g/mol. The van der Waals surface area contributed by atoms with E-state index in [0.29, 0.717) is 6.61 Å². The molecule has 26 heavy (non-hydrogen) atoms. The maximum absolute atomic E-state index is 5.84. The van der Waals surface area contributed by atoms with Crippen molar-refractivity contribution in [2.24, 2.45) is 0 Å². The van der Waals surface area contributed by atoms with Crippen molar-refractivity contribution in [2.75, 3.05) is 19.5 Å². The van der Waals surface area contributed by atoms with E-state index in [9.17, 15) is 0 Å². The van der Waals surface area contributed by atoms with Crippen LogP contribution < -0.4 is 9.47 Å². The molecule has 0 aliphatic carbocycles. The fourth-order valence-corrected chi connectivity index (χ4v) is 3.76. The monoisotopic (exact) mass is 365 g/mol. The molecule has 5 nitrogen and oxygen atoms in total. The zero-order chi connectivity index (χ0) is 17.9. The highest BCUT2D eigenvalue weighted by Gasteiger charge is 2.11. The SMILES string of the molecule is COc1ccccc1OCCSc1nnc2cc(C)c3ccccc3n12. The van der Waals surface area contributed by atoms with Crippen LogP contribution in [0.3, 0.4) is 0 Å². The van der Waals surface area contributed by atoms with E-state index in [1.54, 1.807) is 18.9 Å². The Balaban J connectivity index is 1.52. The van der Waals surface area contributed by atoms with Gasteiger partial charge in [0.15, 0.2) is 22.3 Å². The first-order valence-corrected chi connectivity index (χ1v) is 9.38. The minimum absolute atomic E-state index is 0.559. The minimum atomic E-state index is 0.559.